The van der Waals surface area contributed by atoms with Gasteiger partial charge in [0.2, 0.25) is 5.91 Å². The first-order chi connectivity index (χ1) is 16.9. The van der Waals surface area contributed by atoms with E-state index in [0.29, 0.717) is 16.0 Å². The Morgan fingerprint density at radius 2 is 1.80 bits per heavy atom. The topological polar surface area (TPSA) is 113 Å². The molecule has 0 aliphatic rings. The van der Waals surface area contributed by atoms with E-state index in [4.69, 9.17) is 11.6 Å². The first-order valence-electron chi connectivity index (χ1n) is 10.7. The van der Waals surface area contributed by atoms with Crippen molar-refractivity contribution in [2.75, 3.05) is 5.75 Å². The Hall–Kier alpha value is -3.69. The molecule has 1 atom stereocenters. The fourth-order valence-corrected chi connectivity index (χ4v) is 4.44. The highest BCUT2D eigenvalue weighted by molar-refractivity contribution is 7.99. The minimum atomic E-state index is -1.34. The van der Waals surface area contributed by atoms with E-state index in [1.54, 1.807) is 30.6 Å². The fourth-order valence-electron chi connectivity index (χ4n) is 3.52. The van der Waals surface area contributed by atoms with Gasteiger partial charge in [-0.3, -0.25) is 14.3 Å². The third-order valence-corrected chi connectivity index (χ3v) is 6.63. The Morgan fingerprint density at radius 1 is 1.06 bits per heavy atom. The van der Waals surface area contributed by atoms with Gasteiger partial charge in [-0.2, -0.15) is 0 Å². The molecule has 0 saturated carbocycles. The van der Waals surface area contributed by atoms with E-state index >= 15 is 0 Å². The second-order valence-electron chi connectivity index (χ2n) is 7.68. The second kappa shape index (κ2) is 11.2. The van der Waals surface area contributed by atoms with Crippen LogP contribution in [0.3, 0.4) is 0 Å². The molecule has 2 heterocycles. The van der Waals surface area contributed by atoms with Gasteiger partial charge in [0.1, 0.15) is 0 Å². The largest absolute Gasteiger partial charge is 0.548 e. The second-order valence-corrected chi connectivity index (χ2v) is 9.03. The molecule has 0 unspecified atom stereocenters. The number of aromatic nitrogens is 4. The molecule has 2 aromatic heterocycles. The molecule has 0 fully saturated rings. The number of nitrogens with one attached hydrogen (secondary N) is 1. The van der Waals surface area contributed by atoms with Crippen molar-refractivity contribution in [2.45, 2.75) is 24.5 Å². The SMILES string of the molecule is Cc1c(Cl)cccc1-n1c(SCC(=O)N[C@H](Cc2ccccc2)C(=O)[O-])nnc1-c1ccncc1. The maximum absolute atomic E-state index is 12.7. The number of carbonyl (C=O) groups excluding carboxylic acids is 2. The zero-order chi connectivity index (χ0) is 24.8. The normalized spacial score (nSPS) is 11.7. The summed E-state index contributed by atoms with van der Waals surface area (Å²) in [4.78, 5) is 28.3. The van der Waals surface area contributed by atoms with Crippen molar-refractivity contribution in [2.24, 2.45) is 0 Å². The Morgan fingerprint density at radius 3 is 2.51 bits per heavy atom. The molecule has 0 spiro atoms. The maximum Gasteiger partial charge on any atom is 0.231 e. The van der Waals surface area contributed by atoms with Crippen LogP contribution in [0, 0.1) is 6.92 Å². The molecule has 0 aliphatic carbocycles. The molecule has 35 heavy (non-hydrogen) atoms. The number of aliphatic carboxylic acids is 1. The Kier molecular flexibility index (Phi) is 7.79. The smallest absolute Gasteiger partial charge is 0.231 e. The predicted octanol–water partition coefficient (Wildman–Crippen LogP) is 2.86. The minimum absolute atomic E-state index is 0.0628. The first kappa shape index (κ1) is 24.4. The lowest BCUT2D eigenvalue weighted by Gasteiger charge is -2.20. The van der Waals surface area contributed by atoms with Gasteiger partial charge >= 0.3 is 0 Å². The summed E-state index contributed by atoms with van der Waals surface area (Å²) in [5.74, 6) is -1.29. The highest BCUT2D eigenvalue weighted by Gasteiger charge is 2.20. The molecular formula is C25H21ClN5O3S-. The standard InChI is InChI=1S/C25H22ClN5O3S/c1-16-19(26)8-5-9-21(16)31-23(18-10-12-27-13-11-18)29-30-25(31)35-15-22(32)28-20(24(33)34)14-17-6-3-2-4-7-17/h2-13,20H,14-15H2,1H3,(H,28,32)(H,33,34)/p-1/t20-/m1/s1. The van der Waals surface area contributed by atoms with Crippen molar-refractivity contribution in [1.29, 1.82) is 0 Å². The number of carboxylic acids is 1. The van der Waals surface area contributed by atoms with E-state index in [1.807, 2.05) is 54.0 Å². The van der Waals surface area contributed by atoms with E-state index in [0.717, 1.165) is 34.1 Å². The maximum atomic E-state index is 12.7. The summed E-state index contributed by atoms with van der Waals surface area (Å²) in [5, 5.41) is 23.8. The van der Waals surface area contributed by atoms with Crippen LogP contribution in [0.2, 0.25) is 5.02 Å². The van der Waals surface area contributed by atoms with Crippen LogP contribution >= 0.6 is 23.4 Å². The van der Waals surface area contributed by atoms with Crippen LogP contribution in [0.5, 0.6) is 0 Å². The fraction of sp³-hybridized carbons (Fsp3) is 0.160. The summed E-state index contributed by atoms with van der Waals surface area (Å²) < 4.78 is 1.83. The molecule has 0 saturated heterocycles. The summed E-state index contributed by atoms with van der Waals surface area (Å²) in [6.07, 6.45) is 3.45. The Bertz CT molecular complexity index is 1330. The average Bonchev–Trinajstić information content (AvgIpc) is 3.29. The molecule has 4 aromatic rings. The zero-order valence-electron chi connectivity index (χ0n) is 18.7. The van der Waals surface area contributed by atoms with E-state index in [9.17, 15) is 14.7 Å². The molecule has 10 heteroatoms. The highest BCUT2D eigenvalue weighted by Crippen LogP contribution is 2.31. The Labute approximate surface area is 211 Å². The van der Waals surface area contributed by atoms with Crippen LogP contribution in [0.25, 0.3) is 17.1 Å². The number of benzene rings is 2. The molecule has 4 rings (SSSR count). The number of amides is 1. The van der Waals surface area contributed by atoms with Gasteiger partial charge < -0.3 is 15.2 Å². The third-order valence-electron chi connectivity index (χ3n) is 5.29. The van der Waals surface area contributed by atoms with Gasteiger partial charge in [0.25, 0.3) is 0 Å². The van der Waals surface area contributed by atoms with Crippen molar-refractivity contribution in [3.8, 4) is 17.1 Å². The number of carboxylic acid groups (broad SMARTS) is 1. The number of rotatable bonds is 9. The number of thioether (sulfide) groups is 1. The number of hydrogen-bond donors (Lipinski definition) is 1. The molecule has 0 radical (unpaired) electrons. The van der Waals surface area contributed by atoms with Crippen molar-refractivity contribution >= 4 is 35.2 Å². The lowest BCUT2D eigenvalue weighted by molar-refractivity contribution is -0.308. The van der Waals surface area contributed by atoms with Crippen LogP contribution < -0.4 is 10.4 Å². The molecule has 1 N–H and O–H groups in total. The Balaban J connectivity index is 1.56. The monoisotopic (exact) mass is 506 g/mol. The van der Waals surface area contributed by atoms with Crippen LogP contribution in [-0.2, 0) is 16.0 Å². The minimum Gasteiger partial charge on any atom is -0.548 e. The van der Waals surface area contributed by atoms with Crippen molar-refractivity contribution in [1.82, 2.24) is 25.1 Å². The van der Waals surface area contributed by atoms with E-state index in [2.05, 4.69) is 20.5 Å². The summed E-state index contributed by atoms with van der Waals surface area (Å²) >= 11 is 7.51. The summed E-state index contributed by atoms with van der Waals surface area (Å²) in [7, 11) is 0. The van der Waals surface area contributed by atoms with E-state index in [1.165, 1.54) is 0 Å². The lowest BCUT2D eigenvalue weighted by Crippen LogP contribution is -2.49. The molecular weight excluding hydrogens is 486 g/mol. The van der Waals surface area contributed by atoms with Crippen LogP contribution in [-0.4, -0.2) is 43.4 Å². The summed E-state index contributed by atoms with van der Waals surface area (Å²) in [6.45, 7) is 1.89. The van der Waals surface area contributed by atoms with E-state index in [-0.39, 0.29) is 12.2 Å². The third kappa shape index (κ3) is 5.87. The molecule has 2 aromatic carbocycles. The van der Waals surface area contributed by atoms with Gasteiger partial charge in [-0.25, -0.2) is 0 Å². The number of pyridine rings is 1. The first-order valence-corrected chi connectivity index (χ1v) is 12.1. The van der Waals surface area contributed by atoms with Gasteiger partial charge in [-0.15, -0.1) is 10.2 Å². The quantitative estimate of drug-likeness (QED) is 0.347. The van der Waals surface area contributed by atoms with Gasteiger partial charge in [0.05, 0.1) is 23.5 Å². The molecule has 0 aliphatic heterocycles. The number of halogens is 1. The van der Waals surface area contributed by atoms with Crippen molar-refractivity contribution in [3.63, 3.8) is 0 Å². The number of carbonyl (C=O) groups is 2. The van der Waals surface area contributed by atoms with Gasteiger partial charge in [0.15, 0.2) is 11.0 Å². The molecule has 1 amide bonds. The van der Waals surface area contributed by atoms with Gasteiger partial charge in [-0.05, 0) is 48.7 Å². The van der Waals surface area contributed by atoms with Crippen LogP contribution in [0.15, 0.2) is 78.2 Å². The summed E-state index contributed by atoms with van der Waals surface area (Å²) in [6, 6.07) is 17.1. The van der Waals surface area contributed by atoms with Crippen LogP contribution in [0.4, 0.5) is 0 Å². The zero-order valence-corrected chi connectivity index (χ0v) is 20.3. The molecule has 178 valence electrons. The van der Waals surface area contributed by atoms with Crippen molar-refractivity contribution < 1.29 is 14.7 Å². The highest BCUT2D eigenvalue weighted by atomic mass is 35.5. The van der Waals surface area contributed by atoms with Crippen LogP contribution in [0.1, 0.15) is 11.1 Å². The van der Waals surface area contributed by atoms with Gasteiger partial charge in [-0.1, -0.05) is 59.8 Å². The summed E-state index contributed by atoms with van der Waals surface area (Å²) in [5.41, 5.74) is 3.18. The molecule has 8 nitrogen and oxygen atoms in total. The van der Waals surface area contributed by atoms with Crippen molar-refractivity contribution in [3.05, 3.63) is 89.2 Å². The predicted molar refractivity (Wildman–Crippen MR) is 132 cm³/mol. The number of nitrogens with zero attached hydrogens (tertiary/aromatic N) is 4. The number of hydrogen-bond acceptors (Lipinski definition) is 7. The van der Waals surface area contributed by atoms with E-state index < -0.39 is 17.9 Å². The van der Waals surface area contributed by atoms with Gasteiger partial charge in [0, 0.05) is 23.0 Å². The lowest BCUT2D eigenvalue weighted by atomic mass is 10.1. The average molecular weight is 507 g/mol. The molecule has 0 bridgehead atoms.